The Morgan fingerprint density at radius 2 is 1.77 bits per heavy atom. The standard InChI is InChI=1S/C20H32N2O4/c1-7-20(5,14(4)23)12-21-19(25)17(13(2)3)22-18(24)15-8-10-16(26-6)11-9-15/h8-11,13-14,17,23H,7,12H2,1-6H3,(H,21,25)(H,22,24)/t14-,17+,20+/m0/s1. The summed E-state index contributed by atoms with van der Waals surface area (Å²) in [6.07, 6.45) is 0.189. The Kier molecular flexibility index (Phi) is 8.08. The molecule has 1 rings (SSSR count). The summed E-state index contributed by atoms with van der Waals surface area (Å²) in [6, 6.07) is 6.07. The molecule has 0 fully saturated rings. The van der Waals surface area contributed by atoms with Gasteiger partial charge in [0.2, 0.25) is 5.91 Å². The highest BCUT2D eigenvalue weighted by atomic mass is 16.5. The average Bonchev–Trinajstić information content (AvgIpc) is 2.63. The van der Waals surface area contributed by atoms with Crippen LogP contribution in [0.3, 0.4) is 0 Å². The van der Waals surface area contributed by atoms with Crippen LogP contribution in [0.1, 0.15) is 51.4 Å². The van der Waals surface area contributed by atoms with Gasteiger partial charge in [-0.1, -0.05) is 27.7 Å². The molecule has 1 aromatic carbocycles. The summed E-state index contributed by atoms with van der Waals surface area (Å²) in [5, 5.41) is 15.6. The number of amides is 2. The first-order valence-corrected chi connectivity index (χ1v) is 9.05. The number of carbonyl (C=O) groups excluding carboxylic acids is 2. The van der Waals surface area contributed by atoms with E-state index in [0.717, 1.165) is 6.42 Å². The van der Waals surface area contributed by atoms with Crippen LogP contribution >= 0.6 is 0 Å². The molecular formula is C20H32N2O4. The molecule has 0 radical (unpaired) electrons. The van der Waals surface area contributed by atoms with Gasteiger partial charge in [0.15, 0.2) is 0 Å². The first-order valence-electron chi connectivity index (χ1n) is 9.05. The molecule has 0 aliphatic carbocycles. The molecular weight excluding hydrogens is 332 g/mol. The molecule has 3 N–H and O–H groups in total. The van der Waals surface area contributed by atoms with Gasteiger partial charge < -0.3 is 20.5 Å². The largest absolute Gasteiger partial charge is 0.497 e. The summed E-state index contributed by atoms with van der Waals surface area (Å²) in [6.45, 7) is 9.74. The fraction of sp³-hybridized carbons (Fsp3) is 0.600. The van der Waals surface area contributed by atoms with E-state index in [4.69, 9.17) is 4.74 Å². The van der Waals surface area contributed by atoms with Crippen molar-refractivity contribution in [3.05, 3.63) is 29.8 Å². The second-order valence-corrected chi connectivity index (χ2v) is 7.33. The maximum Gasteiger partial charge on any atom is 0.251 e. The van der Waals surface area contributed by atoms with Gasteiger partial charge in [-0.05, 0) is 43.5 Å². The molecule has 0 saturated heterocycles. The van der Waals surface area contributed by atoms with Gasteiger partial charge in [-0.15, -0.1) is 0 Å². The van der Waals surface area contributed by atoms with Gasteiger partial charge in [-0.2, -0.15) is 0 Å². The molecule has 0 saturated carbocycles. The van der Waals surface area contributed by atoms with Crippen LogP contribution in [0.2, 0.25) is 0 Å². The lowest BCUT2D eigenvalue weighted by Gasteiger charge is -2.32. The number of carbonyl (C=O) groups is 2. The number of hydrogen-bond acceptors (Lipinski definition) is 4. The SMILES string of the molecule is CC[C@](C)(CNC(=O)[C@H](NC(=O)c1ccc(OC)cc1)C(C)C)[C@H](C)O. The summed E-state index contributed by atoms with van der Waals surface area (Å²) in [5.74, 6) is 0.0331. The zero-order chi connectivity index (χ0) is 19.9. The number of nitrogens with one attached hydrogen (secondary N) is 2. The topological polar surface area (TPSA) is 87.7 Å². The number of aliphatic hydroxyl groups is 1. The van der Waals surface area contributed by atoms with Gasteiger partial charge in [0.25, 0.3) is 5.91 Å². The molecule has 6 nitrogen and oxygen atoms in total. The van der Waals surface area contributed by atoms with Gasteiger partial charge in [0.05, 0.1) is 13.2 Å². The van der Waals surface area contributed by atoms with Crippen LogP contribution in [0, 0.1) is 11.3 Å². The Morgan fingerprint density at radius 1 is 1.19 bits per heavy atom. The van der Waals surface area contributed by atoms with Crippen molar-refractivity contribution >= 4 is 11.8 Å². The van der Waals surface area contributed by atoms with Crippen LogP contribution in [0.5, 0.6) is 5.75 Å². The molecule has 3 atom stereocenters. The van der Waals surface area contributed by atoms with E-state index in [-0.39, 0.29) is 17.7 Å². The molecule has 0 bridgehead atoms. The van der Waals surface area contributed by atoms with Crippen molar-refractivity contribution < 1.29 is 19.4 Å². The zero-order valence-electron chi connectivity index (χ0n) is 16.6. The number of methoxy groups -OCH3 is 1. The van der Waals surface area contributed by atoms with Crippen molar-refractivity contribution in [2.45, 2.75) is 53.2 Å². The van der Waals surface area contributed by atoms with Crippen LogP contribution in [-0.4, -0.2) is 42.7 Å². The van der Waals surface area contributed by atoms with Crippen LogP contribution in [0.4, 0.5) is 0 Å². The molecule has 0 heterocycles. The van der Waals surface area contributed by atoms with E-state index in [9.17, 15) is 14.7 Å². The summed E-state index contributed by atoms with van der Waals surface area (Å²) >= 11 is 0. The molecule has 0 spiro atoms. The summed E-state index contributed by atoms with van der Waals surface area (Å²) in [5.41, 5.74) is 0.0589. The molecule has 0 unspecified atom stereocenters. The monoisotopic (exact) mass is 364 g/mol. The lowest BCUT2D eigenvalue weighted by Crippen LogP contribution is -2.52. The Morgan fingerprint density at radius 3 is 2.19 bits per heavy atom. The second-order valence-electron chi connectivity index (χ2n) is 7.33. The van der Waals surface area contributed by atoms with Crippen LogP contribution in [0.15, 0.2) is 24.3 Å². The quantitative estimate of drug-likeness (QED) is 0.628. The van der Waals surface area contributed by atoms with E-state index < -0.39 is 17.6 Å². The fourth-order valence-electron chi connectivity index (χ4n) is 2.47. The van der Waals surface area contributed by atoms with E-state index in [0.29, 0.717) is 17.9 Å². The lowest BCUT2D eigenvalue weighted by molar-refractivity contribution is -0.124. The molecule has 0 aliphatic rings. The molecule has 0 aromatic heterocycles. The van der Waals surface area contributed by atoms with E-state index in [2.05, 4.69) is 10.6 Å². The van der Waals surface area contributed by atoms with E-state index in [1.807, 2.05) is 27.7 Å². The first kappa shape index (κ1) is 22.0. The number of rotatable bonds is 9. The summed E-state index contributed by atoms with van der Waals surface area (Å²) in [7, 11) is 1.56. The Hall–Kier alpha value is -2.08. The molecule has 0 aliphatic heterocycles. The number of hydrogen-bond donors (Lipinski definition) is 3. The van der Waals surface area contributed by atoms with Gasteiger partial charge in [0, 0.05) is 17.5 Å². The fourth-order valence-corrected chi connectivity index (χ4v) is 2.47. The second kappa shape index (κ2) is 9.57. The Labute approximate surface area is 156 Å². The average molecular weight is 364 g/mol. The minimum atomic E-state index is -0.653. The minimum absolute atomic E-state index is 0.0726. The number of ether oxygens (including phenoxy) is 1. The Balaban J connectivity index is 2.78. The summed E-state index contributed by atoms with van der Waals surface area (Å²) < 4.78 is 5.08. The maximum atomic E-state index is 12.6. The maximum absolute atomic E-state index is 12.6. The van der Waals surface area contributed by atoms with Gasteiger partial charge >= 0.3 is 0 Å². The van der Waals surface area contributed by atoms with Crippen LogP contribution in [-0.2, 0) is 4.79 Å². The third-order valence-electron chi connectivity index (χ3n) is 5.07. The molecule has 26 heavy (non-hydrogen) atoms. The molecule has 146 valence electrons. The van der Waals surface area contributed by atoms with Gasteiger partial charge in [0.1, 0.15) is 11.8 Å². The van der Waals surface area contributed by atoms with E-state index in [1.54, 1.807) is 38.3 Å². The first-order chi connectivity index (χ1) is 12.1. The third-order valence-corrected chi connectivity index (χ3v) is 5.07. The highest BCUT2D eigenvalue weighted by Crippen LogP contribution is 2.24. The predicted molar refractivity (Wildman–Crippen MR) is 102 cm³/mol. The van der Waals surface area contributed by atoms with Crippen molar-refractivity contribution in [1.29, 1.82) is 0 Å². The lowest BCUT2D eigenvalue weighted by atomic mass is 9.82. The van der Waals surface area contributed by atoms with Crippen molar-refractivity contribution in [3.8, 4) is 5.75 Å². The van der Waals surface area contributed by atoms with Crippen molar-refractivity contribution in [3.63, 3.8) is 0 Å². The predicted octanol–water partition coefficient (Wildman–Crippen LogP) is 2.36. The zero-order valence-corrected chi connectivity index (χ0v) is 16.6. The smallest absolute Gasteiger partial charge is 0.251 e. The van der Waals surface area contributed by atoms with Crippen molar-refractivity contribution in [1.82, 2.24) is 10.6 Å². The Bertz CT molecular complexity index is 598. The van der Waals surface area contributed by atoms with Gasteiger partial charge in [-0.3, -0.25) is 9.59 Å². The molecule has 6 heteroatoms. The highest BCUT2D eigenvalue weighted by Gasteiger charge is 2.31. The number of aliphatic hydroxyl groups excluding tert-OH is 1. The summed E-state index contributed by atoms with van der Waals surface area (Å²) in [4.78, 5) is 25.1. The van der Waals surface area contributed by atoms with E-state index >= 15 is 0 Å². The number of benzene rings is 1. The van der Waals surface area contributed by atoms with Gasteiger partial charge in [-0.25, -0.2) is 0 Å². The van der Waals surface area contributed by atoms with Crippen molar-refractivity contribution in [2.24, 2.45) is 11.3 Å². The highest BCUT2D eigenvalue weighted by molar-refractivity contribution is 5.97. The van der Waals surface area contributed by atoms with Crippen molar-refractivity contribution in [2.75, 3.05) is 13.7 Å². The van der Waals surface area contributed by atoms with Crippen LogP contribution < -0.4 is 15.4 Å². The third kappa shape index (κ3) is 5.73. The van der Waals surface area contributed by atoms with Crippen LogP contribution in [0.25, 0.3) is 0 Å². The normalized spacial score (nSPS) is 15.7. The van der Waals surface area contributed by atoms with E-state index in [1.165, 1.54) is 0 Å². The molecule has 1 aromatic rings. The minimum Gasteiger partial charge on any atom is -0.497 e. The molecule has 2 amide bonds.